The molecule has 0 amide bonds. The van der Waals surface area contributed by atoms with E-state index < -0.39 is 7.12 Å². The summed E-state index contributed by atoms with van der Waals surface area (Å²) in [6, 6.07) is 15.0. The lowest BCUT2D eigenvalue weighted by Crippen LogP contribution is -2.31. The molecule has 0 saturated heterocycles. The van der Waals surface area contributed by atoms with E-state index in [0.29, 0.717) is 5.46 Å². The van der Waals surface area contributed by atoms with E-state index in [9.17, 15) is 10.0 Å². The van der Waals surface area contributed by atoms with Gasteiger partial charge in [0.1, 0.15) is 6.33 Å². The number of rotatable bonds is 2. The molecule has 0 aliphatic rings. The van der Waals surface area contributed by atoms with Crippen molar-refractivity contribution in [2.45, 2.75) is 0 Å². The molecular weight excluding hydrogens is 227 g/mol. The van der Waals surface area contributed by atoms with E-state index in [1.165, 1.54) is 0 Å². The highest BCUT2D eigenvalue weighted by Gasteiger charge is 2.18. The monoisotopic (exact) mass is 238 g/mol. The topological polar surface area (TPSA) is 58.3 Å². The molecule has 3 rings (SSSR count). The summed E-state index contributed by atoms with van der Waals surface area (Å²) in [5.41, 5.74) is 2.85. The minimum atomic E-state index is -1.51. The SMILES string of the molecule is OB(O)c1cccc2ncn(-c3ccccc3)c12. The zero-order chi connectivity index (χ0) is 12.5. The molecule has 88 valence electrons. The molecule has 5 heteroatoms. The van der Waals surface area contributed by atoms with Crippen molar-refractivity contribution in [3.05, 3.63) is 54.9 Å². The highest BCUT2D eigenvalue weighted by atomic mass is 16.4. The van der Waals surface area contributed by atoms with E-state index in [-0.39, 0.29) is 0 Å². The Morgan fingerprint density at radius 1 is 0.944 bits per heavy atom. The molecular formula is C13H11BN2O2. The predicted octanol–water partition coefficient (Wildman–Crippen LogP) is 0.705. The maximum absolute atomic E-state index is 9.43. The summed E-state index contributed by atoms with van der Waals surface area (Å²) >= 11 is 0. The first-order valence-electron chi connectivity index (χ1n) is 5.65. The maximum Gasteiger partial charge on any atom is 0.490 e. The van der Waals surface area contributed by atoms with Crippen molar-refractivity contribution in [2.75, 3.05) is 0 Å². The van der Waals surface area contributed by atoms with Gasteiger partial charge in [-0.05, 0) is 18.2 Å². The summed E-state index contributed by atoms with van der Waals surface area (Å²) in [7, 11) is -1.51. The molecule has 1 heterocycles. The number of para-hydroxylation sites is 2. The minimum Gasteiger partial charge on any atom is -0.423 e. The van der Waals surface area contributed by atoms with Crippen LogP contribution in [-0.2, 0) is 0 Å². The fraction of sp³-hybridized carbons (Fsp3) is 0. The molecule has 0 saturated carbocycles. The molecule has 3 aromatic rings. The quantitative estimate of drug-likeness (QED) is 0.646. The molecule has 0 bridgehead atoms. The third-order valence-electron chi connectivity index (χ3n) is 2.91. The van der Waals surface area contributed by atoms with Crippen molar-refractivity contribution in [1.82, 2.24) is 9.55 Å². The van der Waals surface area contributed by atoms with Crippen LogP contribution in [0.3, 0.4) is 0 Å². The predicted molar refractivity (Wildman–Crippen MR) is 70.9 cm³/mol. The Morgan fingerprint density at radius 2 is 1.72 bits per heavy atom. The first-order valence-corrected chi connectivity index (χ1v) is 5.65. The Balaban J connectivity index is 2.31. The Morgan fingerprint density at radius 3 is 2.44 bits per heavy atom. The second kappa shape index (κ2) is 4.29. The van der Waals surface area contributed by atoms with Crippen LogP contribution in [0, 0.1) is 0 Å². The molecule has 0 radical (unpaired) electrons. The minimum absolute atomic E-state index is 0.453. The fourth-order valence-electron chi connectivity index (χ4n) is 2.09. The lowest BCUT2D eigenvalue weighted by atomic mass is 9.79. The van der Waals surface area contributed by atoms with Crippen LogP contribution in [0.1, 0.15) is 0 Å². The highest BCUT2D eigenvalue weighted by molar-refractivity contribution is 6.61. The van der Waals surface area contributed by atoms with E-state index in [1.807, 2.05) is 41.0 Å². The molecule has 18 heavy (non-hydrogen) atoms. The van der Waals surface area contributed by atoms with Crippen LogP contribution in [0.2, 0.25) is 0 Å². The van der Waals surface area contributed by atoms with E-state index in [2.05, 4.69) is 4.98 Å². The third kappa shape index (κ3) is 1.70. The third-order valence-corrected chi connectivity index (χ3v) is 2.91. The van der Waals surface area contributed by atoms with Gasteiger partial charge in [-0.15, -0.1) is 0 Å². The first kappa shape index (κ1) is 11.0. The average Bonchev–Trinajstić information content (AvgIpc) is 2.83. The summed E-state index contributed by atoms with van der Waals surface area (Å²) in [5.74, 6) is 0. The molecule has 0 unspecified atom stereocenters. The zero-order valence-corrected chi connectivity index (χ0v) is 9.56. The van der Waals surface area contributed by atoms with Gasteiger partial charge < -0.3 is 10.0 Å². The number of nitrogens with zero attached hydrogens (tertiary/aromatic N) is 2. The van der Waals surface area contributed by atoms with Crippen molar-refractivity contribution in [3.63, 3.8) is 0 Å². The Hall–Kier alpha value is -2.11. The van der Waals surface area contributed by atoms with Gasteiger partial charge in [0.25, 0.3) is 0 Å². The number of hydrogen-bond acceptors (Lipinski definition) is 3. The summed E-state index contributed by atoms with van der Waals surface area (Å²) in [6.45, 7) is 0. The smallest absolute Gasteiger partial charge is 0.423 e. The van der Waals surface area contributed by atoms with Gasteiger partial charge in [-0.3, -0.25) is 4.57 Å². The van der Waals surface area contributed by atoms with Crippen LogP contribution in [-0.4, -0.2) is 26.7 Å². The second-order valence-electron chi connectivity index (χ2n) is 4.04. The Bertz CT molecular complexity index is 680. The van der Waals surface area contributed by atoms with E-state index in [0.717, 1.165) is 16.7 Å². The molecule has 0 atom stereocenters. The second-order valence-corrected chi connectivity index (χ2v) is 4.04. The van der Waals surface area contributed by atoms with Gasteiger partial charge in [0.15, 0.2) is 0 Å². The normalized spacial score (nSPS) is 10.8. The summed E-state index contributed by atoms with van der Waals surface area (Å²) in [5, 5.41) is 18.9. The van der Waals surface area contributed by atoms with Crippen LogP contribution >= 0.6 is 0 Å². The van der Waals surface area contributed by atoms with Gasteiger partial charge in [0.05, 0.1) is 11.0 Å². The lowest BCUT2D eigenvalue weighted by molar-refractivity contribution is 0.426. The Labute approximate surface area is 104 Å². The lowest BCUT2D eigenvalue weighted by Gasteiger charge is -2.07. The van der Waals surface area contributed by atoms with Crippen molar-refractivity contribution in [1.29, 1.82) is 0 Å². The standard InChI is InChI=1S/C13H11BN2O2/c17-14(18)11-7-4-8-12-13(11)16(9-15-12)10-5-2-1-3-6-10/h1-9,17-18H. The summed E-state index contributed by atoms with van der Waals surface area (Å²) in [4.78, 5) is 4.28. The number of aromatic nitrogens is 2. The van der Waals surface area contributed by atoms with E-state index in [1.54, 1.807) is 18.5 Å². The zero-order valence-electron chi connectivity index (χ0n) is 9.56. The molecule has 0 spiro atoms. The number of fused-ring (bicyclic) bond motifs is 1. The average molecular weight is 238 g/mol. The van der Waals surface area contributed by atoms with Crippen molar-refractivity contribution < 1.29 is 10.0 Å². The van der Waals surface area contributed by atoms with Crippen LogP contribution in [0.4, 0.5) is 0 Å². The molecule has 2 N–H and O–H groups in total. The summed E-state index contributed by atoms with van der Waals surface area (Å²) < 4.78 is 1.85. The van der Waals surface area contributed by atoms with Crippen molar-refractivity contribution in [2.24, 2.45) is 0 Å². The molecule has 0 fully saturated rings. The first-order chi connectivity index (χ1) is 8.77. The van der Waals surface area contributed by atoms with Crippen LogP contribution in [0.15, 0.2) is 54.9 Å². The number of hydrogen-bond donors (Lipinski definition) is 2. The van der Waals surface area contributed by atoms with Gasteiger partial charge in [0.2, 0.25) is 0 Å². The van der Waals surface area contributed by atoms with Gasteiger partial charge in [0, 0.05) is 11.2 Å². The van der Waals surface area contributed by atoms with Gasteiger partial charge in [-0.2, -0.15) is 0 Å². The number of benzene rings is 2. The van der Waals surface area contributed by atoms with Crippen molar-refractivity contribution >= 4 is 23.6 Å². The number of imidazole rings is 1. The fourth-order valence-corrected chi connectivity index (χ4v) is 2.09. The van der Waals surface area contributed by atoms with Crippen molar-refractivity contribution in [3.8, 4) is 5.69 Å². The van der Waals surface area contributed by atoms with Gasteiger partial charge >= 0.3 is 7.12 Å². The van der Waals surface area contributed by atoms with E-state index in [4.69, 9.17) is 0 Å². The summed E-state index contributed by atoms with van der Waals surface area (Å²) in [6.07, 6.45) is 1.69. The molecule has 0 aliphatic heterocycles. The largest absolute Gasteiger partial charge is 0.490 e. The van der Waals surface area contributed by atoms with Crippen LogP contribution < -0.4 is 5.46 Å². The molecule has 1 aromatic heterocycles. The van der Waals surface area contributed by atoms with Crippen LogP contribution in [0.25, 0.3) is 16.7 Å². The van der Waals surface area contributed by atoms with E-state index >= 15 is 0 Å². The van der Waals surface area contributed by atoms with Gasteiger partial charge in [-0.25, -0.2) is 4.98 Å². The van der Waals surface area contributed by atoms with Crippen LogP contribution in [0.5, 0.6) is 0 Å². The highest BCUT2D eigenvalue weighted by Crippen LogP contribution is 2.16. The molecule has 0 aliphatic carbocycles. The Kier molecular flexibility index (Phi) is 2.62. The molecule has 4 nitrogen and oxygen atoms in total. The van der Waals surface area contributed by atoms with Gasteiger partial charge in [-0.1, -0.05) is 30.3 Å². The molecule has 2 aromatic carbocycles. The maximum atomic E-state index is 9.43.